The van der Waals surface area contributed by atoms with Crippen LogP contribution < -0.4 is 0 Å². The van der Waals surface area contributed by atoms with E-state index in [1.54, 1.807) is 4.90 Å². The Labute approximate surface area is 171 Å². The molecule has 1 fully saturated rings. The minimum absolute atomic E-state index is 0.0211. The molecular formula is C23H40N2O3. The van der Waals surface area contributed by atoms with Crippen molar-refractivity contribution in [1.82, 2.24) is 9.80 Å². The average Bonchev–Trinajstić information content (AvgIpc) is 2.60. The lowest BCUT2D eigenvalue weighted by atomic mass is 9.84. The molecule has 5 nitrogen and oxygen atoms in total. The zero-order chi connectivity index (χ0) is 21.5. The fraction of sp³-hybridized carbons (Fsp3) is 0.739. The molecule has 160 valence electrons. The normalized spacial score (nSPS) is 16.6. The van der Waals surface area contributed by atoms with Crippen LogP contribution in [0.5, 0.6) is 0 Å². The number of hydrogen-bond donors (Lipinski definition) is 0. The zero-order valence-electron chi connectivity index (χ0n) is 18.8. The third kappa shape index (κ3) is 6.68. The van der Waals surface area contributed by atoms with Gasteiger partial charge in [0.15, 0.2) is 0 Å². The van der Waals surface area contributed by atoms with E-state index in [4.69, 9.17) is 4.74 Å². The van der Waals surface area contributed by atoms with Gasteiger partial charge in [-0.3, -0.25) is 4.79 Å². The van der Waals surface area contributed by atoms with Crippen molar-refractivity contribution < 1.29 is 14.3 Å². The second kappa shape index (κ2) is 10.1. The topological polar surface area (TPSA) is 49.9 Å². The van der Waals surface area contributed by atoms with Gasteiger partial charge in [0, 0.05) is 25.2 Å². The SMILES string of the molecule is C=CC1(N(CCCC)C(=O)C(=C)CC(C)C)CCN(C(=O)OC(C)(C)C)CC1. The molecule has 0 unspecified atom stereocenters. The molecule has 28 heavy (non-hydrogen) atoms. The molecule has 0 bridgehead atoms. The summed E-state index contributed by atoms with van der Waals surface area (Å²) in [5, 5.41) is 0. The minimum atomic E-state index is -0.512. The van der Waals surface area contributed by atoms with Crippen LogP contribution in [0.25, 0.3) is 0 Å². The Morgan fingerprint density at radius 1 is 1.25 bits per heavy atom. The molecule has 1 saturated heterocycles. The Kier molecular flexibility index (Phi) is 8.77. The van der Waals surface area contributed by atoms with Crippen molar-refractivity contribution in [2.24, 2.45) is 5.92 Å². The van der Waals surface area contributed by atoms with Crippen molar-refractivity contribution in [3.63, 3.8) is 0 Å². The van der Waals surface area contributed by atoms with E-state index in [-0.39, 0.29) is 12.0 Å². The third-order valence-electron chi connectivity index (χ3n) is 5.14. The average molecular weight is 393 g/mol. The van der Waals surface area contributed by atoms with Crippen LogP contribution in [0.15, 0.2) is 24.8 Å². The molecule has 0 aliphatic carbocycles. The second-order valence-electron chi connectivity index (χ2n) is 9.29. The van der Waals surface area contributed by atoms with E-state index in [1.807, 2.05) is 31.7 Å². The zero-order valence-corrected chi connectivity index (χ0v) is 18.8. The molecule has 0 saturated carbocycles. The van der Waals surface area contributed by atoms with Crippen LogP contribution in [0.2, 0.25) is 0 Å². The summed E-state index contributed by atoms with van der Waals surface area (Å²) in [6, 6.07) is 0. The maximum absolute atomic E-state index is 13.2. The first-order chi connectivity index (χ1) is 13.0. The first-order valence-electron chi connectivity index (χ1n) is 10.6. The van der Waals surface area contributed by atoms with Crippen molar-refractivity contribution in [1.29, 1.82) is 0 Å². The van der Waals surface area contributed by atoms with E-state index < -0.39 is 11.1 Å². The largest absolute Gasteiger partial charge is 0.444 e. The van der Waals surface area contributed by atoms with Crippen molar-refractivity contribution in [2.45, 2.75) is 84.8 Å². The molecule has 1 rings (SSSR count). The number of piperidine rings is 1. The number of carbonyl (C=O) groups is 2. The van der Waals surface area contributed by atoms with E-state index in [9.17, 15) is 9.59 Å². The van der Waals surface area contributed by atoms with Crippen LogP contribution >= 0.6 is 0 Å². The molecule has 1 aliphatic heterocycles. The highest BCUT2D eigenvalue weighted by Gasteiger charge is 2.41. The van der Waals surface area contributed by atoms with Crippen LogP contribution in [-0.4, -0.2) is 52.6 Å². The number of rotatable bonds is 8. The Balaban J connectivity index is 2.96. The highest BCUT2D eigenvalue weighted by Crippen LogP contribution is 2.33. The number of carbonyl (C=O) groups excluding carboxylic acids is 2. The lowest BCUT2D eigenvalue weighted by molar-refractivity contribution is -0.133. The second-order valence-corrected chi connectivity index (χ2v) is 9.29. The molecule has 1 heterocycles. The standard InChI is InChI=1S/C23H40N2O3/c1-9-11-14-25(20(26)19(5)17-18(3)4)23(10-2)12-15-24(16-13-23)21(27)28-22(6,7)8/h10,18H,2,5,9,11-17H2,1,3-4,6-8H3. The predicted molar refractivity (Wildman–Crippen MR) is 115 cm³/mol. The number of amides is 2. The Bertz CT molecular complexity index is 567. The van der Waals surface area contributed by atoms with Crippen LogP contribution in [0.1, 0.15) is 73.6 Å². The summed E-state index contributed by atoms with van der Waals surface area (Å²) in [4.78, 5) is 29.3. The van der Waals surface area contributed by atoms with E-state index in [2.05, 4.69) is 33.9 Å². The maximum Gasteiger partial charge on any atom is 0.410 e. The van der Waals surface area contributed by atoms with Gasteiger partial charge in [-0.1, -0.05) is 39.8 Å². The smallest absolute Gasteiger partial charge is 0.410 e. The Morgan fingerprint density at radius 2 is 1.82 bits per heavy atom. The van der Waals surface area contributed by atoms with Gasteiger partial charge in [-0.2, -0.15) is 0 Å². The molecule has 2 amide bonds. The molecular weight excluding hydrogens is 352 g/mol. The van der Waals surface area contributed by atoms with Gasteiger partial charge in [-0.25, -0.2) is 4.79 Å². The summed E-state index contributed by atoms with van der Waals surface area (Å²) >= 11 is 0. The van der Waals surface area contributed by atoms with E-state index in [0.29, 0.717) is 50.4 Å². The molecule has 0 N–H and O–H groups in total. The van der Waals surface area contributed by atoms with Gasteiger partial charge >= 0.3 is 6.09 Å². The van der Waals surface area contributed by atoms with E-state index in [1.165, 1.54) is 0 Å². The molecule has 0 aromatic carbocycles. The molecule has 0 spiro atoms. The summed E-state index contributed by atoms with van der Waals surface area (Å²) in [6.07, 6.45) is 5.58. The lowest BCUT2D eigenvalue weighted by Crippen LogP contribution is -2.58. The van der Waals surface area contributed by atoms with Crippen molar-refractivity contribution >= 4 is 12.0 Å². The number of unbranched alkanes of at least 4 members (excludes halogenated alkanes) is 1. The van der Waals surface area contributed by atoms with E-state index >= 15 is 0 Å². The molecule has 0 aromatic heterocycles. The highest BCUT2D eigenvalue weighted by atomic mass is 16.6. The molecule has 0 atom stereocenters. The molecule has 0 radical (unpaired) electrons. The van der Waals surface area contributed by atoms with E-state index in [0.717, 1.165) is 12.8 Å². The predicted octanol–water partition coefficient (Wildman–Crippen LogP) is 5.17. The maximum atomic E-state index is 13.2. The van der Waals surface area contributed by atoms with Gasteiger partial charge in [0.25, 0.3) is 0 Å². The fourth-order valence-electron chi connectivity index (χ4n) is 3.60. The number of hydrogen-bond acceptors (Lipinski definition) is 3. The monoisotopic (exact) mass is 392 g/mol. The van der Waals surface area contributed by atoms with Crippen LogP contribution in [0, 0.1) is 5.92 Å². The van der Waals surface area contributed by atoms with Gasteiger partial charge in [0.05, 0.1) is 5.54 Å². The summed E-state index contributed by atoms with van der Waals surface area (Å²) < 4.78 is 5.50. The van der Waals surface area contributed by atoms with Crippen LogP contribution in [0.3, 0.4) is 0 Å². The van der Waals surface area contributed by atoms with Gasteiger partial charge in [0.1, 0.15) is 5.60 Å². The third-order valence-corrected chi connectivity index (χ3v) is 5.14. The summed E-state index contributed by atoms with van der Waals surface area (Å²) in [7, 11) is 0. The van der Waals surface area contributed by atoms with Crippen LogP contribution in [0.4, 0.5) is 4.79 Å². The van der Waals surface area contributed by atoms with Crippen molar-refractivity contribution in [2.75, 3.05) is 19.6 Å². The first-order valence-corrected chi connectivity index (χ1v) is 10.6. The summed E-state index contributed by atoms with van der Waals surface area (Å²) in [5.41, 5.74) is -0.297. The summed E-state index contributed by atoms with van der Waals surface area (Å²) in [6.45, 7) is 21.8. The van der Waals surface area contributed by atoms with Crippen LogP contribution in [-0.2, 0) is 9.53 Å². The number of likely N-dealkylation sites (tertiary alicyclic amines) is 1. The Morgan fingerprint density at radius 3 is 2.25 bits per heavy atom. The Hall–Kier alpha value is -1.78. The summed E-state index contributed by atoms with van der Waals surface area (Å²) in [5.74, 6) is 0.408. The quantitative estimate of drug-likeness (QED) is 0.423. The molecule has 5 heteroatoms. The highest BCUT2D eigenvalue weighted by molar-refractivity contribution is 5.93. The molecule has 1 aliphatic rings. The molecule has 0 aromatic rings. The minimum Gasteiger partial charge on any atom is -0.444 e. The van der Waals surface area contributed by atoms with Gasteiger partial charge in [-0.15, -0.1) is 6.58 Å². The van der Waals surface area contributed by atoms with Gasteiger partial charge < -0.3 is 14.5 Å². The van der Waals surface area contributed by atoms with Crippen molar-refractivity contribution in [3.8, 4) is 0 Å². The van der Waals surface area contributed by atoms with Gasteiger partial charge in [0.2, 0.25) is 5.91 Å². The van der Waals surface area contributed by atoms with Crippen molar-refractivity contribution in [3.05, 3.63) is 24.8 Å². The first kappa shape index (κ1) is 24.3. The van der Waals surface area contributed by atoms with Gasteiger partial charge in [-0.05, 0) is 52.4 Å². The number of ether oxygens (including phenoxy) is 1. The lowest BCUT2D eigenvalue weighted by Gasteiger charge is -2.47. The number of nitrogens with zero attached hydrogens (tertiary/aromatic N) is 2. The fourth-order valence-corrected chi connectivity index (χ4v) is 3.60.